The molecule has 0 saturated carbocycles. The Hall–Kier alpha value is -0.778. The van der Waals surface area contributed by atoms with Gasteiger partial charge in [0.15, 0.2) is 0 Å². The fourth-order valence-electron chi connectivity index (χ4n) is 1.37. The van der Waals surface area contributed by atoms with Crippen LogP contribution in [-0.2, 0) is 0 Å². The maximum Gasteiger partial charge on any atom is 0.492 e. The molecule has 100 valence electrons. The van der Waals surface area contributed by atoms with Gasteiger partial charge in [0.05, 0.1) is 0 Å². The monoisotopic (exact) mass is 266 g/mol. The Balaban J connectivity index is 3.14. The molecule has 5 heteroatoms. The third-order valence-electron chi connectivity index (χ3n) is 3.62. The minimum Gasteiger partial charge on any atom is -0.544 e. The van der Waals surface area contributed by atoms with Crippen LogP contribution in [0.3, 0.4) is 0 Å². The molecule has 0 atom stereocenters. The predicted octanol–water partition coefficient (Wildman–Crippen LogP) is 2.06. The first kappa shape index (κ1) is 15.3. The Morgan fingerprint density at radius 1 is 1.17 bits per heavy atom. The molecule has 1 aromatic carbocycles. The second-order valence-corrected chi connectivity index (χ2v) is 11.0. The Bertz CT molecular complexity index is 425. The molecule has 0 aromatic heterocycles. The third kappa shape index (κ3) is 3.37. The van der Waals surface area contributed by atoms with E-state index in [2.05, 4.69) is 33.9 Å². The molecule has 0 aliphatic heterocycles. The molecule has 1 rings (SSSR count). The largest absolute Gasteiger partial charge is 0.544 e. The molecular formula is C13H23BO3Si. The molecule has 0 fully saturated rings. The van der Waals surface area contributed by atoms with Gasteiger partial charge in [-0.15, -0.1) is 0 Å². The van der Waals surface area contributed by atoms with E-state index in [0.717, 1.165) is 5.56 Å². The number of rotatable bonds is 3. The number of hydrogen-bond donors (Lipinski definition) is 2. The zero-order chi connectivity index (χ0) is 14.1. The summed E-state index contributed by atoms with van der Waals surface area (Å²) in [6, 6.07) is 5.44. The van der Waals surface area contributed by atoms with Crippen molar-refractivity contribution in [1.29, 1.82) is 0 Å². The number of hydrogen-bond acceptors (Lipinski definition) is 3. The second-order valence-electron chi connectivity index (χ2n) is 6.28. The van der Waals surface area contributed by atoms with Gasteiger partial charge in [0.25, 0.3) is 0 Å². The van der Waals surface area contributed by atoms with Crippen LogP contribution in [-0.4, -0.2) is 25.5 Å². The molecule has 0 aliphatic rings. The zero-order valence-corrected chi connectivity index (χ0v) is 13.1. The molecule has 0 aliphatic carbocycles. The van der Waals surface area contributed by atoms with Gasteiger partial charge >= 0.3 is 7.12 Å². The van der Waals surface area contributed by atoms with Crippen molar-refractivity contribution in [1.82, 2.24) is 0 Å². The summed E-state index contributed by atoms with van der Waals surface area (Å²) in [5, 5.41) is 18.8. The molecule has 2 N–H and O–H groups in total. The summed E-state index contributed by atoms with van der Waals surface area (Å²) >= 11 is 0. The van der Waals surface area contributed by atoms with Crippen LogP contribution in [0.1, 0.15) is 26.3 Å². The lowest BCUT2D eigenvalue weighted by Crippen LogP contribution is -2.46. The van der Waals surface area contributed by atoms with Crippen molar-refractivity contribution in [2.45, 2.75) is 45.8 Å². The van der Waals surface area contributed by atoms with E-state index >= 15 is 0 Å². The maximum absolute atomic E-state index is 9.39. The van der Waals surface area contributed by atoms with Crippen molar-refractivity contribution in [2.75, 3.05) is 0 Å². The van der Waals surface area contributed by atoms with E-state index in [-0.39, 0.29) is 5.04 Å². The first-order valence-corrected chi connectivity index (χ1v) is 9.11. The number of aryl methyl sites for hydroxylation is 1. The van der Waals surface area contributed by atoms with Crippen molar-refractivity contribution < 1.29 is 14.5 Å². The molecule has 3 nitrogen and oxygen atoms in total. The van der Waals surface area contributed by atoms with Crippen LogP contribution >= 0.6 is 0 Å². The summed E-state index contributed by atoms with van der Waals surface area (Å²) in [6.07, 6.45) is 0. The van der Waals surface area contributed by atoms with Crippen LogP contribution in [0, 0.1) is 6.92 Å². The topological polar surface area (TPSA) is 49.7 Å². The van der Waals surface area contributed by atoms with Crippen molar-refractivity contribution in [3.05, 3.63) is 23.8 Å². The van der Waals surface area contributed by atoms with E-state index in [1.807, 2.05) is 19.1 Å². The van der Waals surface area contributed by atoms with Crippen LogP contribution in [0.4, 0.5) is 0 Å². The van der Waals surface area contributed by atoms with Gasteiger partial charge in [-0.25, -0.2) is 0 Å². The predicted molar refractivity (Wildman–Crippen MR) is 78.8 cm³/mol. The normalized spacial score (nSPS) is 12.4. The van der Waals surface area contributed by atoms with Gasteiger partial charge in [-0.2, -0.15) is 0 Å². The third-order valence-corrected chi connectivity index (χ3v) is 7.96. The van der Waals surface area contributed by atoms with Gasteiger partial charge in [0, 0.05) is 5.46 Å². The van der Waals surface area contributed by atoms with E-state index < -0.39 is 15.4 Å². The maximum atomic E-state index is 9.39. The average molecular weight is 266 g/mol. The van der Waals surface area contributed by atoms with E-state index in [9.17, 15) is 10.0 Å². The first-order valence-electron chi connectivity index (χ1n) is 6.20. The van der Waals surface area contributed by atoms with Gasteiger partial charge in [0.2, 0.25) is 8.32 Å². The number of benzene rings is 1. The van der Waals surface area contributed by atoms with E-state index in [4.69, 9.17) is 4.43 Å². The van der Waals surface area contributed by atoms with Crippen molar-refractivity contribution in [2.24, 2.45) is 0 Å². The van der Waals surface area contributed by atoms with Gasteiger partial charge in [-0.05, 0) is 36.7 Å². The molecule has 0 spiro atoms. The Kier molecular flexibility index (Phi) is 4.31. The van der Waals surface area contributed by atoms with E-state index in [1.54, 1.807) is 6.07 Å². The minimum absolute atomic E-state index is 0.0778. The quantitative estimate of drug-likeness (QED) is 0.823. The average Bonchev–Trinajstić information content (AvgIpc) is 2.14. The highest BCUT2D eigenvalue weighted by Gasteiger charge is 2.39. The highest BCUT2D eigenvalue weighted by atomic mass is 28.4. The summed E-state index contributed by atoms with van der Waals surface area (Å²) in [5.74, 6) is 0.594. The highest BCUT2D eigenvalue weighted by Crippen LogP contribution is 2.37. The smallest absolute Gasteiger partial charge is 0.492 e. The standard InChI is InChI=1S/C13H23BO3Si/c1-10-7-8-11(14(15)16)12(9-10)17-18(5,6)13(2,3)4/h7-9,15-16H,1-6H3. The fourth-order valence-corrected chi connectivity index (χ4v) is 2.40. The second kappa shape index (κ2) is 5.07. The molecule has 0 heterocycles. The van der Waals surface area contributed by atoms with Crippen LogP contribution < -0.4 is 9.89 Å². The van der Waals surface area contributed by atoms with E-state index in [0.29, 0.717) is 11.2 Å². The Morgan fingerprint density at radius 3 is 2.17 bits per heavy atom. The van der Waals surface area contributed by atoms with Crippen LogP contribution in [0.25, 0.3) is 0 Å². The Morgan fingerprint density at radius 2 is 1.72 bits per heavy atom. The van der Waals surface area contributed by atoms with Gasteiger partial charge in [0.1, 0.15) is 5.75 Å². The van der Waals surface area contributed by atoms with Crippen LogP contribution in [0.5, 0.6) is 5.75 Å². The lowest BCUT2D eigenvalue weighted by atomic mass is 9.79. The van der Waals surface area contributed by atoms with Gasteiger partial charge in [-0.3, -0.25) is 0 Å². The highest BCUT2D eigenvalue weighted by molar-refractivity contribution is 6.75. The van der Waals surface area contributed by atoms with Crippen molar-refractivity contribution >= 4 is 20.9 Å². The summed E-state index contributed by atoms with van der Waals surface area (Å²) in [7, 11) is -3.46. The molecular weight excluding hydrogens is 243 g/mol. The molecule has 0 unspecified atom stereocenters. The molecule has 0 bridgehead atoms. The lowest BCUT2D eigenvalue weighted by molar-refractivity contribution is 0.422. The zero-order valence-electron chi connectivity index (χ0n) is 12.1. The summed E-state index contributed by atoms with van der Waals surface area (Å²) in [6.45, 7) is 12.7. The molecule has 18 heavy (non-hydrogen) atoms. The lowest BCUT2D eigenvalue weighted by Gasteiger charge is -2.37. The first-order chi connectivity index (χ1) is 8.04. The van der Waals surface area contributed by atoms with E-state index in [1.165, 1.54) is 0 Å². The van der Waals surface area contributed by atoms with Crippen LogP contribution in [0.15, 0.2) is 18.2 Å². The summed E-state index contributed by atoms with van der Waals surface area (Å²) in [4.78, 5) is 0. The molecule has 1 aromatic rings. The molecule has 0 saturated heterocycles. The van der Waals surface area contributed by atoms with Crippen molar-refractivity contribution in [3.8, 4) is 5.75 Å². The van der Waals surface area contributed by atoms with Gasteiger partial charge in [-0.1, -0.05) is 32.9 Å². The SMILES string of the molecule is Cc1ccc(B(O)O)c(O[Si](C)(C)C(C)(C)C)c1. The molecule has 0 amide bonds. The Labute approximate surface area is 111 Å². The van der Waals surface area contributed by atoms with Crippen molar-refractivity contribution in [3.63, 3.8) is 0 Å². The van der Waals surface area contributed by atoms with Gasteiger partial charge < -0.3 is 14.5 Å². The minimum atomic E-state index is -1.97. The molecule has 0 radical (unpaired) electrons. The fraction of sp³-hybridized carbons (Fsp3) is 0.538. The van der Waals surface area contributed by atoms with Crippen LogP contribution in [0.2, 0.25) is 18.1 Å². The summed E-state index contributed by atoms with van der Waals surface area (Å²) < 4.78 is 6.16. The summed E-state index contributed by atoms with van der Waals surface area (Å²) in [5.41, 5.74) is 1.48.